The Labute approximate surface area is 166 Å². The van der Waals surface area contributed by atoms with Gasteiger partial charge in [-0.15, -0.1) is 11.3 Å². The third-order valence-corrected chi connectivity index (χ3v) is 7.47. The second-order valence-electron chi connectivity index (χ2n) is 6.82. The first-order valence-corrected chi connectivity index (χ1v) is 10.6. The predicted octanol–water partition coefficient (Wildman–Crippen LogP) is 7.76. The number of thiophene rings is 1. The molecule has 1 heterocycles. The Bertz CT molecular complexity index is 1140. The van der Waals surface area contributed by atoms with Gasteiger partial charge in [-0.25, -0.2) is 0 Å². The van der Waals surface area contributed by atoms with E-state index in [0.29, 0.717) is 5.75 Å². The van der Waals surface area contributed by atoms with Gasteiger partial charge in [0.15, 0.2) is 0 Å². The zero-order chi connectivity index (χ0) is 18.4. The van der Waals surface area contributed by atoms with Gasteiger partial charge in [-0.05, 0) is 81.4 Å². The second-order valence-corrected chi connectivity index (χ2v) is 8.83. The summed E-state index contributed by atoms with van der Waals surface area (Å²) in [5, 5.41) is 14.1. The minimum Gasteiger partial charge on any atom is -0.508 e. The van der Waals surface area contributed by atoms with Gasteiger partial charge in [0.25, 0.3) is 0 Å². The number of fused-ring (bicyclic) bond motifs is 2. The van der Waals surface area contributed by atoms with Crippen LogP contribution >= 0.6 is 27.3 Å². The smallest absolute Gasteiger partial charge is 0.118 e. The largest absolute Gasteiger partial charge is 0.508 e. The average molecular weight is 425 g/mol. The number of halogens is 1. The first-order valence-electron chi connectivity index (χ1n) is 8.95. The molecule has 0 atom stereocenters. The summed E-state index contributed by atoms with van der Waals surface area (Å²) >= 11 is 5.71. The van der Waals surface area contributed by atoms with Crippen LogP contribution in [0.25, 0.3) is 32.0 Å². The van der Waals surface area contributed by atoms with Crippen LogP contribution in [-0.2, 0) is 6.42 Å². The van der Waals surface area contributed by atoms with Crippen molar-refractivity contribution in [3.63, 3.8) is 0 Å². The Balaban J connectivity index is 2.17. The molecule has 132 valence electrons. The molecule has 0 fully saturated rings. The monoisotopic (exact) mass is 424 g/mol. The van der Waals surface area contributed by atoms with Crippen LogP contribution in [0.4, 0.5) is 0 Å². The van der Waals surface area contributed by atoms with E-state index >= 15 is 0 Å². The van der Waals surface area contributed by atoms with E-state index in [9.17, 15) is 5.11 Å². The zero-order valence-corrected chi connectivity index (χ0v) is 17.6. The van der Waals surface area contributed by atoms with Crippen LogP contribution in [0, 0.1) is 13.8 Å². The Morgan fingerprint density at radius 2 is 1.77 bits per heavy atom. The summed E-state index contributed by atoms with van der Waals surface area (Å²) in [7, 11) is 0. The van der Waals surface area contributed by atoms with Crippen molar-refractivity contribution < 1.29 is 5.11 Å². The van der Waals surface area contributed by atoms with Crippen molar-refractivity contribution in [1.82, 2.24) is 0 Å². The molecule has 1 N–H and O–H groups in total. The fourth-order valence-electron chi connectivity index (χ4n) is 3.74. The van der Waals surface area contributed by atoms with E-state index in [-0.39, 0.29) is 0 Å². The van der Waals surface area contributed by atoms with Crippen molar-refractivity contribution in [1.29, 1.82) is 0 Å². The number of rotatable bonds is 3. The van der Waals surface area contributed by atoms with E-state index in [1.54, 1.807) is 0 Å². The maximum Gasteiger partial charge on any atom is 0.118 e. The minimum atomic E-state index is 0.395. The van der Waals surface area contributed by atoms with Crippen molar-refractivity contribution in [3.8, 4) is 16.9 Å². The SMILES string of the molecule is CCCc1cc(-c2c3ccccc3c(Br)c3sc(C)c(C)c23)ccc1O. The van der Waals surface area contributed by atoms with Crippen LogP contribution in [0.3, 0.4) is 0 Å². The molecule has 1 nitrogen and oxygen atoms in total. The number of hydrogen-bond acceptors (Lipinski definition) is 2. The quantitative estimate of drug-likeness (QED) is 0.356. The van der Waals surface area contributed by atoms with Gasteiger partial charge in [0.05, 0.1) is 4.70 Å². The van der Waals surface area contributed by atoms with Gasteiger partial charge in [0.2, 0.25) is 0 Å². The highest BCUT2D eigenvalue weighted by atomic mass is 79.9. The standard InChI is InChI=1S/C23H21BrOS/c1-4-7-15-12-16(10-11-19(15)25)21-17-8-5-6-9-18(17)22(24)23-20(21)13(2)14(3)26-23/h5-6,8-12,25H,4,7H2,1-3H3. The van der Waals surface area contributed by atoms with Gasteiger partial charge in [-0.1, -0.05) is 43.7 Å². The van der Waals surface area contributed by atoms with Gasteiger partial charge in [0.1, 0.15) is 5.75 Å². The van der Waals surface area contributed by atoms with Crippen molar-refractivity contribution >= 4 is 48.1 Å². The molecule has 0 bridgehead atoms. The number of hydrogen-bond donors (Lipinski definition) is 1. The van der Waals surface area contributed by atoms with Crippen molar-refractivity contribution in [2.45, 2.75) is 33.6 Å². The fourth-order valence-corrected chi connectivity index (χ4v) is 5.65. The number of aryl methyl sites for hydroxylation is 3. The molecule has 0 aliphatic rings. The van der Waals surface area contributed by atoms with Gasteiger partial charge in [0, 0.05) is 14.7 Å². The van der Waals surface area contributed by atoms with E-state index in [0.717, 1.165) is 18.4 Å². The molecule has 3 heteroatoms. The predicted molar refractivity (Wildman–Crippen MR) is 118 cm³/mol. The molecular weight excluding hydrogens is 404 g/mol. The highest BCUT2D eigenvalue weighted by Crippen LogP contribution is 2.47. The number of benzene rings is 3. The van der Waals surface area contributed by atoms with Crippen molar-refractivity contribution in [3.05, 3.63) is 62.9 Å². The molecular formula is C23H21BrOS. The lowest BCUT2D eigenvalue weighted by Crippen LogP contribution is -1.90. The molecule has 26 heavy (non-hydrogen) atoms. The van der Waals surface area contributed by atoms with E-state index in [1.165, 1.54) is 46.9 Å². The maximum atomic E-state index is 10.2. The molecule has 0 saturated carbocycles. The summed E-state index contributed by atoms with van der Waals surface area (Å²) in [6.45, 7) is 6.55. The highest BCUT2D eigenvalue weighted by Gasteiger charge is 2.19. The number of phenols is 1. The van der Waals surface area contributed by atoms with E-state index in [1.807, 2.05) is 17.4 Å². The first kappa shape index (κ1) is 17.6. The summed E-state index contributed by atoms with van der Waals surface area (Å²) in [6.07, 6.45) is 1.91. The van der Waals surface area contributed by atoms with Gasteiger partial charge >= 0.3 is 0 Å². The van der Waals surface area contributed by atoms with Crippen LogP contribution in [0.2, 0.25) is 0 Å². The average Bonchev–Trinajstić information content (AvgIpc) is 2.94. The normalized spacial score (nSPS) is 11.5. The van der Waals surface area contributed by atoms with Crippen LogP contribution in [-0.4, -0.2) is 5.11 Å². The Hall–Kier alpha value is -1.84. The number of phenolic OH excluding ortho intramolecular Hbond substituents is 1. The van der Waals surface area contributed by atoms with E-state index in [2.05, 4.69) is 73.1 Å². The molecule has 4 rings (SSSR count). The van der Waals surface area contributed by atoms with Crippen molar-refractivity contribution in [2.24, 2.45) is 0 Å². The van der Waals surface area contributed by atoms with E-state index in [4.69, 9.17) is 0 Å². The molecule has 0 unspecified atom stereocenters. The van der Waals surface area contributed by atoms with Crippen LogP contribution in [0.1, 0.15) is 29.3 Å². The Kier molecular flexibility index (Phi) is 4.54. The molecule has 0 radical (unpaired) electrons. The van der Waals surface area contributed by atoms with E-state index < -0.39 is 0 Å². The van der Waals surface area contributed by atoms with Crippen molar-refractivity contribution in [2.75, 3.05) is 0 Å². The fraction of sp³-hybridized carbons (Fsp3) is 0.217. The zero-order valence-electron chi connectivity index (χ0n) is 15.2. The lowest BCUT2D eigenvalue weighted by Gasteiger charge is -2.14. The highest BCUT2D eigenvalue weighted by molar-refractivity contribution is 9.11. The summed E-state index contributed by atoms with van der Waals surface area (Å²) in [5.74, 6) is 0.395. The van der Waals surface area contributed by atoms with Crippen LogP contribution in [0.5, 0.6) is 5.75 Å². The third-order valence-electron chi connectivity index (χ3n) is 5.16. The van der Waals surface area contributed by atoms with Crippen LogP contribution < -0.4 is 0 Å². The van der Waals surface area contributed by atoms with Gasteiger partial charge in [-0.3, -0.25) is 0 Å². The second kappa shape index (κ2) is 6.71. The molecule has 4 aromatic rings. The third kappa shape index (κ3) is 2.65. The topological polar surface area (TPSA) is 20.2 Å². The number of aromatic hydroxyl groups is 1. The molecule has 0 spiro atoms. The molecule has 3 aromatic carbocycles. The molecule has 1 aromatic heterocycles. The maximum absolute atomic E-state index is 10.2. The lowest BCUT2D eigenvalue weighted by molar-refractivity contribution is 0.467. The van der Waals surface area contributed by atoms with Crippen LogP contribution in [0.15, 0.2) is 46.9 Å². The molecule has 0 amide bonds. The van der Waals surface area contributed by atoms with Gasteiger partial charge in [-0.2, -0.15) is 0 Å². The Morgan fingerprint density at radius 1 is 1.04 bits per heavy atom. The Morgan fingerprint density at radius 3 is 2.50 bits per heavy atom. The van der Waals surface area contributed by atoms with Gasteiger partial charge < -0.3 is 5.11 Å². The molecule has 0 aliphatic carbocycles. The molecule has 0 saturated heterocycles. The summed E-state index contributed by atoms with van der Waals surface area (Å²) < 4.78 is 2.49. The lowest BCUT2D eigenvalue weighted by atomic mass is 9.91. The minimum absolute atomic E-state index is 0.395. The first-order chi connectivity index (χ1) is 12.5. The summed E-state index contributed by atoms with van der Waals surface area (Å²) in [5.41, 5.74) is 4.82. The summed E-state index contributed by atoms with van der Waals surface area (Å²) in [6, 6.07) is 14.6. The summed E-state index contributed by atoms with van der Waals surface area (Å²) in [4.78, 5) is 1.35. The molecule has 0 aliphatic heterocycles.